The summed E-state index contributed by atoms with van der Waals surface area (Å²) in [5, 5.41) is 21.3. The van der Waals surface area contributed by atoms with E-state index < -0.39 is 0 Å². The van der Waals surface area contributed by atoms with Crippen molar-refractivity contribution < 1.29 is 0 Å². The van der Waals surface area contributed by atoms with Crippen molar-refractivity contribution in [1.82, 2.24) is 14.6 Å². The van der Waals surface area contributed by atoms with Crippen molar-refractivity contribution >= 4 is 17.0 Å². The van der Waals surface area contributed by atoms with Gasteiger partial charge in [-0.3, -0.25) is 4.40 Å². The maximum atomic E-state index is 8.91. The molecule has 0 spiro atoms. The fraction of sp³-hybridized carbons (Fsp3) is 0.0833. The summed E-state index contributed by atoms with van der Waals surface area (Å²) in [4.78, 5) is 0. The first kappa shape index (κ1) is 10.00. The number of nitriles is 1. The maximum Gasteiger partial charge on any atom is 0.169 e. The molecule has 0 radical (unpaired) electrons. The standard InChI is InChI=1S/C12H8N4S/c1-8-6-17-7-10(8)12-15-14-11-3-2-9(4-13)5-16(11)12/h2-3,5-7H,1H3. The van der Waals surface area contributed by atoms with E-state index >= 15 is 0 Å². The molecule has 0 amide bonds. The molecule has 17 heavy (non-hydrogen) atoms. The molecule has 3 heterocycles. The molecule has 0 fully saturated rings. The lowest BCUT2D eigenvalue weighted by atomic mass is 10.2. The zero-order valence-corrected chi connectivity index (χ0v) is 9.90. The number of fused-ring (bicyclic) bond motifs is 1. The first-order chi connectivity index (χ1) is 8.29. The van der Waals surface area contributed by atoms with Gasteiger partial charge in [0.05, 0.1) is 5.56 Å². The molecule has 82 valence electrons. The van der Waals surface area contributed by atoms with Gasteiger partial charge in [-0.25, -0.2) is 0 Å². The average molecular weight is 240 g/mol. The number of pyridine rings is 1. The molecular formula is C12H8N4S. The molecule has 5 heteroatoms. The Morgan fingerprint density at radius 1 is 1.29 bits per heavy atom. The highest BCUT2D eigenvalue weighted by Gasteiger charge is 2.11. The second kappa shape index (κ2) is 3.68. The smallest absolute Gasteiger partial charge is 0.169 e. The Hall–Kier alpha value is -2.19. The summed E-state index contributed by atoms with van der Waals surface area (Å²) in [5.74, 6) is 0.788. The Labute approximate surface area is 102 Å². The van der Waals surface area contributed by atoms with Crippen molar-refractivity contribution in [1.29, 1.82) is 5.26 Å². The van der Waals surface area contributed by atoms with Gasteiger partial charge in [0.1, 0.15) is 6.07 Å². The summed E-state index contributed by atoms with van der Waals surface area (Å²) in [5.41, 5.74) is 3.60. The third-order valence-corrected chi connectivity index (χ3v) is 3.49. The van der Waals surface area contributed by atoms with E-state index in [0.717, 1.165) is 17.0 Å². The lowest BCUT2D eigenvalue weighted by molar-refractivity contribution is 1.11. The number of hydrogen-bond acceptors (Lipinski definition) is 4. The molecule has 0 saturated carbocycles. The fourth-order valence-corrected chi connectivity index (χ4v) is 2.56. The quantitative estimate of drug-likeness (QED) is 0.657. The van der Waals surface area contributed by atoms with Crippen LogP contribution in [0.1, 0.15) is 11.1 Å². The van der Waals surface area contributed by atoms with E-state index in [1.807, 2.05) is 16.7 Å². The van der Waals surface area contributed by atoms with Crippen LogP contribution in [0.4, 0.5) is 0 Å². The van der Waals surface area contributed by atoms with E-state index in [4.69, 9.17) is 5.26 Å². The van der Waals surface area contributed by atoms with Gasteiger partial charge in [-0.1, -0.05) is 0 Å². The van der Waals surface area contributed by atoms with Crippen LogP contribution in [-0.4, -0.2) is 14.6 Å². The van der Waals surface area contributed by atoms with Gasteiger partial charge >= 0.3 is 0 Å². The predicted octanol–water partition coefficient (Wildman–Crippen LogP) is 2.64. The minimum absolute atomic E-state index is 0.603. The monoisotopic (exact) mass is 240 g/mol. The third-order valence-electron chi connectivity index (χ3n) is 2.63. The summed E-state index contributed by atoms with van der Waals surface area (Å²) < 4.78 is 1.85. The molecule has 0 atom stereocenters. The number of thiophene rings is 1. The summed E-state index contributed by atoms with van der Waals surface area (Å²) in [7, 11) is 0. The Morgan fingerprint density at radius 2 is 2.18 bits per heavy atom. The van der Waals surface area contributed by atoms with Crippen LogP contribution in [0.15, 0.2) is 29.1 Å². The van der Waals surface area contributed by atoms with E-state index in [-0.39, 0.29) is 0 Å². The zero-order chi connectivity index (χ0) is 11.8. The van der Waals surface area contributed by atoms with Gasteiger partial charge in [0.2, 0.25) is 0 Å². The van der Waals surface area contributed by atoms with E-state index in [9.17, 15) is 0 Å². The summed E-state index contributed by atoms with van der Waals surface area (Å²) >= 11 is 1.64. The first-order valence-electron chi connectivity index (χ1n) is 5.07. The fourth-order valence-electron chi connectivity index (χ4n) is 1.73. The van der Waals surface area contributed by atoms with Gasteiger partial charge in [-0.05, 0) is 30.0 Å². The molecule has 4 nitrogen and oxygen atoms in total. The molecule has 0 unspecified atom stereocenters. The highest BCUT2D eigenvalue weighted by atomic mass is 32.1. The number of aryl methyl sites for hydroxylation is 1. The van der Waals surface area contributed by atoms with Crippen LogP contribution < -0.4 is 0 Å². The molecule has 3 aromatic heterocycles. The van der Waals surface area contributed by atoms with E-state index in [1.165, 1.54) is 5.56 Å². The molecule has 0 N–H and O–H groups in total. The highest BCUT2D eigenvalue weighted by molar-refractivity contribution is 7.08. The summed E-state index contributed by atoms with van der Waals surface area (Å²) in [6, 6.07) is 5.67. The normalized spacial score (nSPS) is 10.6. The van der Waals surface area contributed by atoms with Gasteiger partial charge in [0.15, 0.2) is 11.5 Å². The van der Waals surface area contributed by atoms with E-state index in [1.54, 1.807) is 29.7 Å². The first-order valence-corrected chi connectivity index (χ1v) is 6.02. The second-order valence-electron chi connectivity index (χ2n) is 3.75. The van der Waals surface area contributed by atoms with Crippen LogP contribution in [0.2, 0.25) is 0 Å². The Balaban J connectivity index is 2.31. The van der Waals surface area contributed by atoms with Gasteiger partial charge in [0.25, 0.3) is 0 Å². The highest BCUT2D eigenvalue weighted by Crippen LogP contribution is 2.25. The molecular weight excluding hydrogens is 232 g/mol. The molecule has 3 rings (SSSR count). The van der Waals surface area contributed by atoms with E-state index in [0.29, 0.717) is 5.56 Å². The molecule has 0 aliphatic heterocycles. The minimum atomic E-state index is 0.603. The maximum absolute atomic E-state index is 8.91. The third kappa shape index (κ3) is 1.50. The number of rotatable bonds is 1. The summed E-state index contributed by atoms with van der Waals surface area (Å²) in [6.45, 7) is 2.04. The molecule has 0 saturated heterocycles. The van der Waals surface area contributed by atoms with Crippen LogP contribution in [0, 0.1) is 18.3 Å². The second-order valence-corrected chi connectivity index (χ2v) is 4.49. The van der Waals surface area contributed by atoms with Crippen LogP contribution in [0.3, 0.4) is 0 Å². The van der Waals surface area contributed by atoms with Gasteiger partial charge < -0.3 is 0 Å². The van der Waals surface area contributed by atoms with Gasteiger partial charge in [-0.2, -0.15) is 16.6 Å². The zero-order valence-electron chi connectivity index (χ0n) is 9.08. The van der Waals surface area contributed by atoms with Crippen molar-refractivity contribution in [3.05, 3.63) is 40.2 Å². The van der Waals surface area contributed by atoms with Crippen molar-refractivity contribution in [3.63, 3.8) is 0 Å². The Bertz CT molecular complexity index is 732. The minimum Gasteiger partial charge on any atom is -0.281 e. The van der Waals surface area contributed by atoms with Crippen LogP contribution in [0.5, 0.6) is 0 Å². The Kier molecular flexibility index (Phi) is 2.16. The van der Waals surface area contributed by atoms with Gasteiger partial charge in [0, 0.05) is 17.1 Å². The molecule has 0 aliphatic rings. The molecule has 0 aromatic carbocycles. The number of hydrogen-bond donors (Lipinski definition) is 0. The van der Waals surface area contributed by atoms with Crippen LogP contribution in [-0.2, 0) is 0 Å². The van der Waals surface area contributed by atoms with Crippen molar-refractivity contribution in [3.8, 4) is 17.5 Å². The van der Waals surface area contributed by atoms with Crippen molar-refractivity contribution in [2.75, 3.05) is 0 Å². The molecule has 0 aliphatic carbocycles. The van der Waals surface area contributed by atoms with Crippen LogP contribution in [0.25, 0.3) is 17.0 Å². The molecule has 3 aromatic rings. The number of nitrogens with zero attached hydrogens (tertiary/aromatic N) is 4. The summed E-state index contributed by atoms with van der Waals surface area (Å²) in [6.07, 6.45) is 1.77. The predicted molar refractivity (Wildman–Crippen MR) is 65.8 cm³/mol. The average Bonchev–Trinajstić information content (AvgIpc) is 2.94. The Morgan fingerprint density at radius 3 is 2.88 bits per heavy atom. The lowest BCUT2D eigenvalue weighted by Crippen LogP contribution is -1.90. The lowest BCUT2D eigenvalue weighted by Gasteiger charge is -1.99. The number of aromatic nitrogens is 3. The molecule has 0 bridgehead atoms. The van der Waals surface area contributed by atoms with Crippen molar-refractivity contribution in [2.24, 2.45) is 0 Å². The van der Waals surface area contributed by atoms with Crippen LogP contribution >= 0.6 is 11.3 Å². The van der Waals surface area contributed by atoms with E-state index in [2.05, 4.69) is 21.6 Å². The van der Waals surface area contributed by atoms with Gasteiger partial charge in [-0.15, -0.1) is 10.2 Å². The van der Waals surface area contributed by atoms with Crippen molar-refractivity contribution in [2.45, 2.75) is 6.92 Å². The largest absolute Gasteiger partial charge is 0.281 e. The SMILES string of the molecule is Cc1cscc1-c1nnc2ccc(C#N)cn12. The topological polar surface area (TPSA) is 54.0 Å².